The normalized spacial score (nSPS) is 11.4. The summed E-state index contributed by atoms with van der Waals surface area (Å²) >= 11 is 0.996. The molecule has 9 nitrogen and oxygen atoms in total. The molecule has 1 heterocycles. The van der Waals surface area contributed by atoms with Gasteiger partial charge in [-0.05, 0) is 18.6 Å². The number of esters is 1. The van der Waals surface area contributed by atoms with Crippen molar-refractivity contribution in [3.8, 4) is 0 Å². The van der Waals surface area contributed by atoms with E-state index in [4.69, 9.17) is 4.74 Å². The van der Waals surface area contributed by atoms with Gasteiger partial charge in [-0.15, -0.1) is 0 Å². The Morgan fingerprint density at radius 2 is 1.89 bits per heavy atom. The fourth-order valence-corrected chi connectivity index (χ4v) is 3.15. The Balaban J connectivity index is 2.37. The molecule has 0 aliphatic carbocycles. The predicted molar refractivity (Wildman–Crippen MR) is 106 cm³/mol. The first-order valence-corrected chi connectivity index (χ1v) is 9.26. The van der Waals surface area contributed by atoms with E-state index in [1.54, 1.807) is 37.3 Å². The molecule has 2 rings (SSSR count). The lowest BCUT2D eigenvalue weighted by molar-refractivity contribution is -0.140. The Kier molecular flexibility index (Phi) is 7.33. The third-order valence-corrected chi connectivity index (χ3v) is 4.78. The second kappa shape index (κ2) is 9.70. The van der Waals surface area contributed by atoms with Crippen molar-refractivity contribution < 1.29 is 19.1 Å². The first kappa shape index (κ1) is 21.2. The molecule has 0 saturated carbocycles. The number of carbonyl (C=O) groups excluding carboxylic acids is 3. The Morgan fingerprint density at radius 1 is 1.21 bits per heavy atom. The molecule has 0 spiro atoms. The molecule has 0 bridgehead atoms. The van der Waals surface area contributed by atoms with E-state index in [2.05, 4.69) is 20.6 Å². The van der Waals surface area contributed by atoms with Crippen molar-refractivity contribution in [1.82, 2.24) is 9.97 Å². The smallest absolute Gasteiger partial charge is 0.319 e. The third-order valence-electron chi connectivity index (χ3n) is 3.56. The van der Waals surface area contributed by atoms with Crippen LogP contribution in [0.1, 0.15) is 30.6 Å². The summed E-state index contributed by atoms with van der Waals surface area (Å²) < 4.78 is 4.72. The molecular weight excluding hydrogens is 384 g/mol. The molecule has 0 aliphatic rings. The van der Waals surface area contributed by atoms with E-state index in [1.807, 2.05) is 0 Å². The number of hydrogen-bond donors (Lipinski definition) is 3. The van der Waals surface area contributed by atoms with Gasteiger partial charge in [0, 0.05) is 12.5 Å². The van der Waals surface area contributed by atoms with Gasteiger partial charge >= 0.3 is 5.97 Å². The zero-order valence-electron chi connectivity index (χ0n) is 15.6. The number of thioether (sulfide) groups is 1. The Bertz CT molecular complexity index is 929. The highest BCUT2D eigenvalue weighted by Gasteiger charge is 2.22. The number of nitrogens with zero attached hydrogens (tertiary/aromatic N) is 1. The minimum atomic E-state index is -0.662. The average Bonchev–Trinajstić information content (AvgIpc) is 2.68. The second-order valence-corrected chi connectivity index (χ2v) is 6.83. The van der Waals surface area contributed by atoms with E-state index in [1.165, 1.54) is 14.0 Å². The number of aromatic nitrogens is 2. The van der Waals surface area contributed by atoms with Gasteiger partial charge in [0.25, 0.3) is 11.5 Å². The number of anilines is 2. The zero-order chi connectivity index (χ0) is 20.7. The topological polar surface area (TPSA) is 130 Å². The summed E-state index contributed by atoms with van der Waals surface area (Å²) in [6.45, 7) is 3.04. The average molecular weight is 404 g/mol. The fourth-order valence-electron chi connectivity index (χ4n) is 2.22. The van der Waals surface area contributed by atoms with E-state index in [9.17, 15) is 19.2 Å². The molecule has 0 aliphatic heterocycles. The highest BCUT2D eigenvalue weighted by molar-refractivity contribution is 8.00. The van der Waals surface area contributed by atoms with Crippen molar-refractivity contribution in [2.45, 2.75) is 30.7 Å². The number of carbonyl (C=O) groups is 3. The number of benzene rings is 1. The number of nitrogens with one attached hydrogen (secondary N) is 3. The first-order valence-electron chi connectivity index (χ1n) is 8.38. The van der Waals surface area contributed by atoms with Crippen LogP contribution in [-0.2, 0) is 14.3 Å². The first-order chi connectivity index (χ1) is 13.3. The number of H-pyrrole nitrogens is 1. The fraction of sp³-hybridized carbons (Fsp3) is 0.278. The minimum Gasteiger partial charge on any atom is -0.468 e. The largest absolute Gasteiger partial charge is 0.468 e. The van der Waals surface area contributed by atoms with Crippen LogP contribution in [0, 0.1) is 0 Å². The van der Waals surface area contributed by atoms with Gasteiger partial charge in [-0.1, -0.05) is 36.9 Å². The van der Waals surface area contributed by atoms with Crippen LogP contribution in [0.2, 0.25) is 0 Å². The summed E-state index contributed by atoms with van der Waals surface area (Å²) in [6.07, 6.45) is 0.447. The zero-order valence-corrected chi connectivity index (χ0v) is 16.4. The lowest BCUT2D eigenvalue weighted by Crippen LogP contribution is -2.25. The molecule has 1 atom stereocenters. The molecule has 28 heavy (non-hydrogen) atoms. The van der Waals surface area contributed by atoms with E-state index in [0.29, 0.717) is 12.0 Å². The van der Waals surface area contributed by atoms with Crippen LogP contribution in [0.5, 0.6) is 0 Å². The molecule has 10 heteroatoms. The van der Waals surface area contributed by atoms with Crippen LogP contribution < -0.4 is 16.2 Å². The van der Waals surface area contributed by atoms with E-state index < -0.39 is 28.6 Å². The molecule has 2 aromatic rings. The quantitative estimate of drug-likeness (QED) is 0.366. The number of ether oxygens (including phenoxy) is 1. The SMILES string of the molecule is CC[C@@H](Sc1nc(NC(C)=O)c(NC(=O)c2ccccc2)c(=O)[nH]1)C(=O)OC. The monoisotopic (exact) mass is 404 g/mol. The Labute approximate surface area is 165 Å². The molecule has 0 radical (unpaired) electrons. The van der Waals surface area contributed by atoms with Crippen LogP contribution in [0.15, 0.2) is 40.3 Å². The molecule has 2 amide bonds. The summed E-state index contributed by atoms with van der Waals surface area (Å²) in [5, 5.41) is 4.43. The Hall–Kier alpha value is -3.14. The van der Waals surface area contributed by atoms with Crippen LogP contribution in [0.25, 0.3) is 0 Å². The summed E-state index contributed by atoms with van der Waals surface area (Å²) in [7, 11) is 1.27. The van der Waals surface area contributed by atoms with Gasteiger partial charge in [0.2, 0.25) is 5.91 Å². The van der Waals surface area contributed by atoms with E-state index in [-0.39, 0.29) is 16.7 Å². The van der Waals surface area contributed by atoms with Gasteiger partial charge in [0.15, 0.2) is 16.7 Å². The second-order valence-electron chi connectivity index (χ2n) is 5.63. The van der Waals surface area contributed by atoms with Crippen molar-refractivity contribution in [2.24, 2.45) is 0 Å². The maximum absolute atomic E-state index is 12.5. The number of aromatic amines is 1. The Morgan fingerprint density at radius 3 is 2.46 bits per heavy atom. The number of amides is 2. The molecule has 3 N–H and O–H groups in total. The van der Waals surface area contributed by atoms with Gasteiger partial charge in [-0.2, -0.15) is 0 Å². The standard InChI is InChI=1S/C18H20N4O5S/c1-4-12(17(26)27-3)28-18-21-14(19-10(2)23)13(16(25)22-18)20-15(24)11-8-6-5-7-9-11/h5-9,12H,4H2,1-3H3,(H,20,24)(H2,19,21,22,23,25)/t12-/m1/s1. The van der Waals surface area contributed by atoms with Crippen molar-refractivity contribution in [3.63, 3.8) is 0 Å². The highest BCUT2D eigenvalue weighted by Crippen LogP contribution is 2.25. The number of hydrogen-bond acceptors (Lipinski definition) is 7. The molecule has 148 valence electrons. The molecule has 0 fully saturated rings. The number of rotatable bonds is 7. The molecule has 1 aromatic heterocycles. The van der Waals surface area contributed by atoms with Crippen LogP contribution in [0.3, 0.4) is 0 Å². The van der Waals surface area contributed by atoms with Gasteiger partial charge in [-0.3, -0.25) is 24.2 Å². The summed E-state index contributed by atoms with van der Waals surface area (Å²) in [6, 6.07) is 8.29. The van der Waals surface area contributed by atoms with Gasteiger partial charge in [-0.25, -0.2) is 4.98 Å². The molecule has 0 saturated heterocycles. The van der Waals surface area contributed by atoms with Gasteiger partial charge < -0.3 is 15.4 Å². The lowest BCUT2D eigenvalue weighted by atomic mass is 10.2. The molecular formula is C18H20N4O5S. The van der Waals surface area contributed by atoms with Crippen molar-refractivity contribution >= 4 is 41.1 Å². The summed E-state index contributed by atoms with van der Waals surface area (Å²) in [4.78, 5) is 54.9. The summed E-state index contributed by atoms with van der Waals surface area (Å²) in [5.41, 5.74) is -0.518. The van der Waals surface area contributed by atoms with Crippen LogP contribution in [0.4, 0.5) is 11.5 Å². The molecule has 0 unspecified atom stereocenters. The van der Waals surface area contributed by atoms with Crippen LogP contribution in [-0.4, -0.2) is 40.1 Å². The van der Waals surface area contributed by atoms with Crippen LogP contribution >= 0.6 is 11.8 Å². The van der Waals surface area contributed by atoms with Crippen molar-refractivity contribution in [2.75, 3.05) is 17.7 Å². The lowest BCUT2D eigenvalue weighted by Gasteiger charge is -2.14. The number of methoxy groups -OCH3 is 1. The maximum Gasteiger partial charge on any atom is 0.319 e. The van der Waals surface area contributed by atoms with Crippen molar-refractivity contribution in [1.29, 1.82) is 0 Å². The van der Waals surface area contributed by atoms with Crippen molar-refractivity contribution in [3.05, 3.63) is 46.2 Å². The molecule has 1 aromatic carbocycles. The third kappa shape index (κ3) is 5.43. The predicted octanol–water partition coefficient (Wildman–Crippen LogP) is 2.02. The van der Waals surface area contributed by atoms with E-state index >= 15 is 0 Å². The maximum atomic E-state index is 12.5. The van der Waals surface area contributed by atoms with Gasteiger partial charge in [0.1, 0.15) is 5.25 Å². The highest BCUT2D eigenvalue weighted by atomic mass is 32.2. The minimum absolute atomic E-state index is 0.109. The van der Waals surface area contributed by atoms with E-state index in [0.717, 1.165) is 11.8 Å². The van der Waals surface area contributed by atoms with Gasteiger partial charge in [0.05, 0.1) is 7.11 Å². The summed E-state index contributed by atoms with van der Waals surface area (Å²) in [5.74, 6) is -1.56.